The molecule has 0 aromatic rings. The molecule has 3 heteroatoms. The third-order valence-electron chi connectivity index (χ3n) is 3.20. The molecule has 2 nitrogen and oxygen atoms in total. The van der Waals surface area contributed by atoms with Crippen molar-refractivity contribution in [2.75, 3.05) is 26.2 Å². The van der Waals surface area contributed by atoms with Gasteiger partial charge in [-0.25, -0.2) is 0 Å². The van der Waals surface area contributed by atoms with Gasteiger partial charge >= 0.3 is 0 Å². The van der Waals surface area contributed by atoms with Crippen LogP contribution in [0.1, 0.15) is 27.7 Å². The fourth-order valence-electron chi connectivity index (χ4n) is 2.10. The second kappa shape index (κ2) is 8.73. The Morgan fingerprint density at radius 3 is 1.69 bits per heavy atom. The lowest BCUT2D eigenvalue weighted by atomic mass is 10.5. The smallest absolute Gasteiger partial charge is 0.0914 e. The maximum Gasteiger partial charge on any atom is 0.0914 e. The molecule has 0 saturated carbocycles. The fourth-order valence-corrected chi connectivity index (χ4v) is 4.28. The number of hydrogen-bond donors (Lipinski definition) is 0. The van der Waals surface area contributed by atoms with Crippen LogP contribution >= 0.6 is 0 Å². The second-order valence-corrected chi connectivity index (χ2v) is 6.04. The highest BCUT2D eigenvalue weighted by Crippen LogP contribution is 2.08. The highest BCUT2D eigenvalue weighted by Gasteiger charge is 2.21. The molecule has 16 heavy (non-hydrogen) atoms. The van der Waals surface area contributed by atoms with E-state index in [0.29, 0.717) is 5.79 Å². The van der Waals surface area contributed by atoms with Crippen LogP contribution in [0.2, 0.25) is 0 Å². The molecule has 0 aromatic heterocycles. The lowest BCUT2D eigenvalue weighted by Gasteiger charge is -2.38. The van der Waals surface area contributed by atoms with Crippen molar-refractivity contribution >= 4 is 9.52 Å². The molecule has 0 aliphatic heterocycles. The Morgan fingerprint density at radius 2 is 1.44 bits per heavy atom. The minimum atomic E-state index is -0.350. The Labute approximate surface area is 104 Å². The average molecular weight is 240 g/mol. The van der Waals surface area contributed by atoms with Gasteiger partial charge in [0.05, 0.1) is 9.52 Å². The van der Waals surface area contributed by atoms with Gasteiger partial charge in [-0.2, -0.15) is 0 Å². The second-order valence-electron chi connectivity index (χ2n) is 3.99. The standard InChI is InChI=1S/C13H28N2Si/c1-7-12(6)16-13(14(8-2)9-3)15(10-4)11-5/h7,13H,1,6,8-11,16H2,2-5H3. The van der Waals surface area contributed by atoms with Gasteiger partial charge in [0.1, 0.15) is 0 Å². The van der Waals surface area contributed by atoms with E-state index in [-0.39, 0.29) is 9.52 Å². The first kappa shape index (κ1) is 15.6. The van der Waals surface area contributed by atoms with Crippen molar-refractivity contribution in [3.05, 3.63) is 24.4 Å². The monoisotopic (exact) mass is 240 g/mol. The molecule has 94 valence electrons. The zero-order valence-corrected chi connectivity index (χ0v) is 12.9. The van der Waals surface area contributed by atoms with Crippen LogP contribution in [-0.4, -0.2) is 51.3 Å². The van der Waals surface area contributed by atoms with Gasteiger partial charge < -0.3 is 0 Å². The SMILES string of the molecule is C=CC(=C)[SiH2]C(N(CC)CC)N(CC)CC. The Kier molecular flexibility index (Phi) is 8.52. The van der Waals surface area contributed by atoms with Crippen LogP contribution in [0.5, 0.6) is 0 Å². The van der Waals surface area contributed by atoms with Crippen LogP contribution in [0.25, 0.3) is 0 Å². The predicted molar refractivity (Wildman–Crippen MR) is 77.5 cm³/mol. The average Bonchev–Trinajstić information content (AvgIpc) is 2.31. The maximum absolute atomic E-state index is 4.11. The molecular weight excluding hydrogens is 212 g/mol. The zero-order chi connectivity index (χ0) is 12.6. The van der Waals surface area contributed by atoms with Crippen LogP contribution in [0.15, 0.2) is 24.4 Å². The molecule has 0 atom stereocenters. The first-order valence-corrected chi connectivity index (χ1v) is 7.95. The molecular formula is C13H28N2Si. The van der Waals surface area contributed by atoms with Crippen LogP contribution in [0, 0.1) is 0 Å². The van der Waals surface area contributed by atoms with Gasteiger partial charge in [0.25, 0.3) is 0 Å². The molecule has 0 saturated heterocycles. The van der Waals surface area contributed by atoms with E-state index in [1.807, 2.05) is 6.08 Å². The van der Waals surface area contributed by atoms with Gasteiger partial charge in [0.2, 0.25) is 0 Å². The third kappa shape index (κ3) is 4.64. The van der Waals surface area contributed by atoms with Crippen LogP contribution < -0.4 is 0 Å². The summed E-state index contributed by atoms with van der Waals surface area (Å²) in [6.45, 7) is 21.4. The lowest BCUT2D eigenvalue weighted by molar-refractivity contribution is 0.116. The number of hydrogen-bond acceptors (Lipinski definition) is 2. The Morgan fingerprint density at radius 1 is 1.06 bits per heavy atom. The zero-order valence-electron chi connectivity index (χ0n) is 11.5. The summed E-state index contributed by atoms with van der Waals surface area (Å²) in [5.41, 5.74) is 0. The van der Waals surface area contributed by atoms with E-state index in [2.05, 4.69) is 50.7 Å². The minimum absolute atomic E-state index is 0.350. The molecule has 0 bridgehead atoms. The topological polar surface area (TPSA) is 6.48 Å². The molecule has 0 unspecified atom stereocenters. The summed E-state index contributed by atoms with van der Waals surface area (Å²) in [7, 11) is -0.350. The first-order valence-electron chi connectivity index (χ1n) is 6.42. The molecule has 0 aromatic carbocycles. The summed E-state index contributed by atoms with van der Waals surface area (Å²) in [5.74, 6) is 0.607. The molecule has 0 aliphatic carbocycles. The van der Waals surface area contributed by atoms with Gasteiger partial charge in [-0.1, -0.05) is 45.5 Å². The maximum atomic E-state index is 4.11. The van der Waals surface area contributed by atoms with Crippen molar-refractivity contribution in [2.24, 2.45) is 0 Å². The van der Waals surface area contributed by atoms with Crippen molar-refractivity contribution in [1.82, 2.24) is 9.80 Å². The number of nitrogens with zero attached hydrogens (tertiary/aromatic N) is 2. The van der Waals surface area contributed by atoms with E-state index < -0.39 is 0 Å². The van der Waals surface area contributed by atoms with E-state index in [1.165, 1.54) is 5.20 Å². The number of allylic oxidation sites excluding steroid dienone is 2. The summed E-state index contributed by atoms with van der Waals surface area (Å²) < 4.78 is 0. The molecule has 0 heterocycles. The summed E-state index contributed by atoms with van der Waals surface area (Å²) in [6, 6.07) is 0. The normalized spacial score (nSPS) is 12.2. The van der Waals surface area contributed by atoms with Gasteiger partial charge in [0.15, 0.2) is 0 Å². The van der Waals surface area contributed by atoms with E-state index in [0.717, 1.165) is 26.2 Å². The lowest BCUT2D eigenvalue weighted by Crippen LogP contribution is -2.52. The summed E-state index contributed by atoms with van der Waals surface area (Å²) in [6.07, 6.45) is 1.94. The van der Waals surface area contributed by atoms with E-state index in [9.17, 15) is 0 Å². The van der Waals surface area contributed by atoms with Crippen molar-refractivity contribution in [2.45, 2.75) is 33.5 Å². The molecule has 0 spiro atoms. The van der Waals surface area contributed by atoms with Crippen LogP contribution in [0.3, 0.4) is 0 Å². The van der Waals surface area contributed by atoms with Gasteiger partial charge in [0, 0.05) is 5.79 Å². The van der Waals surface area contributed by atoms with Gasteiger partial charge in [-0.3, -0.25) is 9.80 Å². The van der Waals surface area contributed by atoms with Crippen molar-refractivity contribution in [3.8, 4) is 0 Å². The van der Waals surface area contributed by atoms with E-state index >= 15 is 0 Å². The van der Waals surface area contributed by atoms with E-state index in [4.69, 9.17) is 0 Å². The molecule has 0 rings (SSSR count). The van der Waals surface area contributed by atoms with Gasteiger partial charge in [-0.15, -0.1) is 6.58 Å². The third-order valence-corrected chi connectivity index (χ3v) is 5.41. The molecule has 0 amide bonds. The highest BCUT2D eigenvalue weighted by atomic mass is 28.2. The molecule has 0 N–H and O–H groups in total. The Hall–Kier alpha value is -0.383. The fraction of sp³-hybridized carbons (Fsp3) is 0.692. The van der Waals surface area contributed by atoms with Crippen molar-refractivity contribution in [3.63, 3.8) is 0 Å². The van der Waals surface area contributed by atoms with Gasteiger partial charge in [-0.05, 0) is 26.2 Å². The summed E-state index contributed by atoms with van der Waals surface area (Å²) in [4.78, 5) is 5.10. The van der Waals surface area contributed by atoms with Crippen molar-refractivity contribution < 1.29 is 0 Å². The van der Waals surface area contributed by atoms with Crippen LogP contribution in [-0.2, 0) is 0 Å². The minimum Gasteiger partial charge on any atom is -0.291 e. The largest absolute Gasteiger partial charge is 0.291 e. The van der Waals surface area contributed by atoms with E-state index in [1.54, 1.807) is 0 Å². The summed E-state index contributed by atoms with van der Waals surface area (Å²) >= 11 is 0. The molecule has 0 radical (unpaired) electrons. The van der Waals surface area contributed by atoms with Crippen LogP contribution in [0.4, 0.5) is 0 Å². The first-order chi connectivity index (χ1) is 7.64. The highest BCUT2D eigenvalue weighted by molar-refractivity contribution is 6.47. The van der Waals surface area contributed by atoms with Crippen molar-refractivity contribution in [1.29, 1.82) is 0 Å². The molecule has 0 aliphatic rings. The Bertz CT molecular complexity index is 196. The predicted octanol–water partition coefficient (Wildman–Crippen LogP) is 1.82. The number of rotatable bonds is 9. The summed E-state index contributed by atoms with van der Waals surface area (Å²) in [5, 5.41) is 1.27. The Balaban J connectivity index is 4.71. The molecule has 0 fully saturated rings. The quantitative estimate of drug-likeness (QED) is 0.345.